The molecule has 1 unspecified atom stereocenters. The van der Waals surface area contributed by atoms with Crippen molar-refractivity contribution in [3.05, 3.63) is 114 Å². The number of ketones is 1. The van der Waals surface area contributed by atoms with Crippen LogP contribution >= 0.6 is 7.14 Å². The Morgan fingerprint density at radius 3 is 2.18 bits per heavy atom. The van der Waals surface area contributed by atoms with E-state index in [4.69, 9.17) is 4.74 Å². The summed E-state index contributed by atoms with van der Waals surface area (Å²) in [6.07, 6.45) is 6.93. The molecule has 0 spiro atoms. The van der Waals surface area contributed by atoms with Crippen molar-refractivity contribution >= 4 is 23.8 Å². The molecule has 1 atom stereocenters. The number of rotatable bonds is 9. The SMILES string of the molecule is C/C=C\C=C/CP(=O)(C(=O)c1c(O)ccc(C(=O)c2ccccc2)c1OC)c1ccccc1. The van der Waals surface area contributed by atoms with E-state index in [1.807, 2.05) is 13.0 Å². The molecule has 33 heavy (non-hydrogen) atoms. The minimum atomic E-state index is -3.72. The zero-order valence-electron chi connectivity index (χ0n) is 18.5. The highest BCUT2D eigenvalue weighted by Crippen LogP contribution is 2.51. The monoisotopic (exact) mass is 460 g/mol. The molecule has 0 heterocycles. The van der Waals surface area contributed by atoms with Crippen LogP contribution in [0.1, 0.15) is 33.2 Å². The van der Waals surface area contributed by atoms with Gasteiger partial charge < -0.3 is 14.4 Å². The number of benzene rings is 3. The number of ether oxygens (including phenoxy) is 1. The first-order valence-electron chi connectivity index (χ1n) is 10.4. The summed E-state index contributed by atoms with van der Waals surface area (Å²) in [7, 11) is -2.41. The van der Waals surface area contributed by atoms with E-state index in [0.717, 1.165) is 0 Å². The van der Waals surface area contributed by atoms with E-state index >= 15 is 0 Å². The Hall–Kier alpha value is -3.69. The lowest BCUT2D eigenvalue weighted by Gasteiger charge is -2.20. The molecule has 6 heteroatoms. The molecule has 0 saturated carbocycles. The van der Waals surface area contributed by atoms with Gasteiger partial charge in [0, 0.05) is 17.0 Å². The van der Waals surface area contributed by atoms with E-state index in [1.54, 1.807) is 78.9 Å². The number of carbonyl (C=O) groups excluding carboxylic acids is 2. The molecule has 1 N–H and O–H groups in total. The second kappa shape index (κ2) is 10.8. The number of phenols is 1. The summed E-state index contributed by atoms with van der Waals surface area (Å²) in [4.78, 5) is 26.9. The average molecular weight is 460 g/mol. The first-order chi connectivity index (χ1) is 15.9. The molecule has 3 aromatic rings. The minimum Gasteiger partial charge on any atom is -0.507 e. The molecule has 0 aliphatic heterocycles. The summed E-state index contributed by atoms with van der Waals surface area (Å²) < 4.78 is 19.6. The van der Waals surface area contributed by atoms with Crippen molar-refractivity contribution in [2.24, 2.45) is 0 Å². The molecular weight excluding hydrogens is 435 g/mol. The van der Waals surface area contributed by atoms with Crippen molar-refractivity contribution in [3.8, 4) is 11.5 Å². The quantitative estimate of drug-likeness (QED) is 0.256. The lowest BCUT2D eigenvalue weighted by atomic mass is 9.99. The number of phenolic OH excluding ortho intramolecular Hbond substituents is 1. The van der Waals surface area contributed by atoms with Crippen molar-refractivity contribution < 1.29 is 24.0 Å². The normalized spacial score (nSPS) is 13.2. The van der Waals surface area contributed by atoms with Crippen molar-refractivity contribution in [2.45, 2.75) is 6.92 Å². The van der Waals surface area contributed by atoms with Gasteiger partial charge in [-0.3, -0.25) is 9.59 Å². The van der Waals surface area contributed by atoms with Gasteiger partial charge in [0.05, 0.1) is 12.7 Å². The Bertz CT molecular complexity index is 1240. The standard InChI is InChI=1S/C27H25O5P/c1-3-4-5-12-19-33(31,21-15-10-7-11-16-21)27(30)24-23(28)18-17-22(26(24)32-2)25(29)20-13-8-6-9-14-20/h3-18,28H,19H2,1-2H3/b4-3-,12-5-. The highest BCUT2D eigenvalue weighted by molar-refractivity contribution is 7.87. The lowest BCUT2D eigenvalue weighted by molar-refractivity contribution is 0.103. The molecule has 5 nitrogen and oxygen atoms in total. The third-order valence-electron chi connectivity index (χ3n) is 5.14. The Morgan fingerprint density at radius 1 is 0.939 bits per heavy atom. The Kier molecular flexibility index (Phi) is 7.81. The van der Waals surface area contributed by atoms with Crippen molar-refractivity contribution in [2.75, 3.05) is 13.3 Å². The predicted molar refractivity (Wildman–Crippen MR) is 131 cm³/mol. The molecule has 3 aromatic carbocycles. The van der Waals surface area contributed by atoms with Gasteiger partial charge in [-0.2, -0.15) is 0 Å². The van der Waals surface area contributed by atoms with Gasteiger partial charge in [0.1, 0.15) is 17.1 Å². The highest BCUT2D eigenvalue weighted by atomic mass is 31.2. The van der Waals surface area contributed by atoms with Gasteiger partial charge in [0.15, 0.2) is 12.9 Å². The van der Waals surface area contributed by atoms with Gasteiger partial charge in [-0.25, -0.2) is 0 Å². The molecule has 0 radical (unpaired) electrons. The highest BCUT2D eigenvalue weighted by Gasteiger charge is 2.38. The zero-order valence-corrected chi connectivity index (χ0v) is 19.4. The molecule has 0 aliphatic rings. The van der Waals surface area contributed by atoms with Crippen LogP contribution in [0.15, 0.2) is 97.1 Å². The summed E-state index contributed by atoms with van der Waals surface area (Å²) >= 11 is 0. The summed E-state index contributed by atoms with van der Waals surface area (Å²) in [6.45, 7) is 1.85. The summed E-state index contributed by atoms with van der Waals surface area (Å²) in [5, 5.41) is 11.0. The van der Waals surface area contributed by atoms with Gasteiger partial charge in [-0.05, 0) is 19.1 Å². The molecule has 0 fully saturated rings. The van der Waals surface area contributed by atoms with Gasteiger partial charge in [0.2, 0.25) is 5.52 Å². The third-order valence-corrected chi connectivity index (χ3v) is 7.87. The van der Waals surface area contributed by atoms with Crippen LogP contribution in [0.25, 0.3) is 0 Å². The summed E-state index contributed by atoms with van der Waals surface area (Å²) in [5.74, 6) is -0.860. The van der Waals surface area contributed by atoms with Crippen LogP contribution in [-0.4, -0.2) is 29.7 Å². The van der Waals surface area contributed by atoms with Crippen LogP contribution in [0.2, 0.25) is 0 Å². The maximum atomic E-state index is 14.2. The summed E-state index contributed by atoms with van der Waals surface area (Å²) in [5.41, 5.74) is -0.517. The molecule has 0 aliphatic carbocycles. The second-order valence-electron chi connectivity index (χ2n) is 7.25. The van der Waals surface area contributed by atoms with E-state index in [1.165, 1.54) is 19.2 Å². The number of hydrogen-bond acceptors (Lipinski definition) is 5. The topological polar surface area (TPSA) is 80.7 Å². The van der Waals surface area contributed by atoms with Crippen LogP contribution in [0, 0.1) is 0 Å². The van der Waals surface area contributed by atoms with E-state index in [0.29, 0.717) is 10.9 Å². The smallest absolute Gasteiger partial charge is 0.233 e. The van der Waals surface area contributed by atoms with Crippen LogP contribution in [0.3, 0.4) is 0 Å². The van der Waals surface area contributed by atoms with Gasteiger partial charge in [0.25, 0.3) is 0 Å². The van der Waals surface area contributed by atoms with E-state index in [9.17, 15) is 19.3 Å². The van der Waals surface area contributed by atoms with Crippen LogP contribution in [-0.2, 0) is 4.57 Å². The fourth-order valence-electron chi connectivity index (χ4n) is 3.47. The van der Waals surface area contributed by atoms with E-state index in [2.05, 4.69) is 0 Å². The number of carbonyl (C=O) groups is 2. The van der Waals surface area contributed by atoms with Crippen LogP contribution < -0.4 is 10.0 Å². The fraction of sp³-hybridized carbons (Fsp3) is 0.111. The maximum absolute atomic E-state index is 14.2. The molecule has 0 saturated heterocycles. The molecule has 0 amide bonds. The first-order valence-corrected chi connectivity index (χ1v) is 12.3. The Balaban J connectivity index is 2.17. The van der Waals surface area contributed by atoms with Crippen molar-refractivity contribution in [1.29, 1.82) is 0 Å². The van der Waals surface area contributed by atoms with Crippen LogP contribution in [0.4, 0.5) is 0 Å². The van der Waals surface area contributed by atoms with Gasteiger partial charge in [-0.1, -0.05) is 85.0 Å². The average Bonchev–Trinajstić information content (AvgIpc) is 2.86. The minimum absolute atomic E-state index is 0.0420. The number of aromatic hydroxyl groups is 1. The second-order valence-corrected chi connectivity index (χ2v) is 10.0. The molecular formula is C27H25O5P. The number of methoxy groups -OCH3 is 1. The summed E-state index contributed by atoms with van der Waals surface area (Å²) in [6, 6.07) is 19.6. The predicted octanol–water partition coefficient (Wildman–Crippen LogP) is 5.59. The maximum Gasteiger partial charge on any atom is 0.233 e. The lowest BCUT2D eigenvalue weighted by Crippen LogP contribution is -2.17. The van der Waals surface area contributed by atoms with Crippen molar-refractivity contribution in [1.82, 2.24) is 0 Å². The Morgan fingerprint density at radius 2 is 1.58 bits per heavy atom. The van der Waals surface area contributed by atoms with E-state index in [-0.39, 0.29) is 28.8 Å². The molecule has 3 rings (SSSR count). The third kappa shape index (κ3) is 5.05. The molecule has 0 bridgehead atoms. The number of hydrogen-bond donors (Lipinski definition) is 1. The molecule has 168 valence electrons. The largest absolute Gasteiger partial charge is 0.507 e. The van der Waals surface area contributed by atoms with Crippen molar-refractivity contribution in [3.63, 3.8) is 0 Å². The van der Waals surface area contributed by atoms with Gasteiger partial charge >= 0.3 is 0 Å². The Labute approximate surface area is 193 Å². The van der Waals surface area contributed by atoms with Crippen LogP contribution in [0.5, 0.6) is 11.5 Å². The first kappa shape index (κ1) is 24.0. The number of allylic oxidation sites excluding steroid dienone is 4. The zero-order chi connectivity index (χ0) is 23.8. The van der Waals surface area contributed by atoms with E-state index < -0.39 is 18.4 Å². The fourth-order valence-corrected chi connectivity index (χ4v) is 5.73. The molecule has 0 aromatic heterocycles. The van der Waals surface area contributed by atoms with Gasteiger partial charge in [-0.15, -0.1) is 0 Å².